The molecule has 10 nitrogen and oxygen atoms in total. The summed E-state index contributed by atoms with van der Waals surface area (Å²) in [5, 5.41) is 11.2. The first-order chi connectivity index (χ1) is 15.7. The molecule has 3 aromatic rings. The molecule has 0 radical (unpaired) electrons. The number of aliphatic hydroxyl groups is 1. The van der Waals surface area contributed by atoms with Gasteiger partial charge in [-0.1, -0.05) is 0 Å². The maximum atomic E-state index is 13.8. The molecular formula is C22H24FN5O5. The number of imidazole rings is 1. The first-order valence-corrected chi connectivity index (χ1v) is 10.8. The Morgan fingerprint density at radius 3 is 2.79 bits per heavy atom. The van der Waals surface area contributed by atoms with Crippen molar-refractivity contribution in [2.75, 3.05) is 19.7 Å². The van der Waals surface area contributed by atoms with Gasteiger partial charge in [-0.25, -0.2) is 9.78 Å². The number of hydrogen-bond donors (Lipinski definition) is 3. The molecule has 0 bridgehead atoms. The van der Waals surface area contributed by atoms with Gasteiger partial charge in [0, 0.05) is 25.1 Å². The number of amides is 1. The largest absolute Gasteiger partial charge is 0.388 e. The van der Waals surface area contributed by atoms with Crippen molar-refractivity contribution < 1.29 is 19.0 Å². The van der Waals surface area contributed by atoms with E-state index in [0.29, 0.717) is 31.5 Å². The number of nitrogens with zero attached hydrogens (tertiary/aromatic N) is 3. The molecule has 33 heavy (non-hydrogen) atoms. The van der Waals surface area contributed by atoms with Gasteiger partial charge in [0.1, 0.15) is 0 Å². The number of rotatable bonds is 2. The van der Waals surface area contributed by atoms with Gasteiger partial charge in [-0.2, -0.15) is 4.39 Å². The summed E-state index contributed by atoms with van der Waals surface area (Å²) in [4.78, 5) is 47.4. The summed E-state index contributed by atoms with van der Waals surface area (Å²) < 4.78 is 20.9. The Labute approximate surface area is 187 Å². The van der Waals surface area contributed by atoms with Crippen LogP contribution in [0, 0.1) is 5.82 Å². The van der Waals surface area contributed by atoms with Gasteiger partial charge in [0.15, 0.2) is 0 Å². The number of benzene rings is 1. The predicted octanol–water partition coefficient (Wildman–Crippen LogP) is 0.939. The summed E-state index contributed by atoms with van der Waals surface area (Å²) in [6, 6.07) is 4.47. The molecule has 2 aromatic heterocycles. The standard InChI is InChI=1S/C22H24FN5O5/c1-21(32)11-22(33-10-17(21)28-9-14(23)18(29)26-20(28)31)4-6-27(7-5-22)19(30)13-2-3-15-16(8-13)25-12-24-15/h2-3,8-9,12,17,32H,4-7,10-11H2,1H3,(H,24,25)(H,26,29,31)/t17-,21-/m1/s1. The smallest absolute Gasteiger partial charge is 0.328 e. The lowest BCUT2D eigenvalue weighted by molar-refractivity contribution is -0.195. The normalized spacial score (nSPS) is 24.9. The second kappa shape index (κ2) is 7.63. The number of aromatic nitrogens is 4. The average molecular weight is 457 g/mol. The molecule has 1 spiro atoms. The maximum Gasteiger partial charge on any atom is 0.328 e. The van der Waals surface area contributed by atoms with Gasteiger partial charge < -0.3 is 19.7 Å². The van der Waals surface area contributed by atoms with Crippen LogP contribution in [-0.2, 0) is 4.74 Å². The number of carbonyl (C=O) groups is 1. The molecule has 0 aliphatic carbocycles. The Morgan fingerprint density at radius 2 is 2.06 bits per heavy atom. The molecule has 2 fully saturated rings. The zero-order chi connectivity index (χ0) is 23.4. The highest BCUT2D eigenvalue weighted by molar-refractivity contribution is 5.97. The number of likely N-dealkylation sites (tertiary alicyclic amines) is 1. The number of piperidine rings is 1. The molecule has 5 rings (SSSR count). The summed E-state index contributed by atoms with van der Waals surface area (Å²) in [6.07, 6.45) is 3.63. The van der Waals surface area contributed by atoms with Crippen molar-refractivity contribution in [3.63, 3.8) is 0 Å². The highest BCUT2D eigenvalue weighted by Crippen LogP contribution is 2.43. The van der Waals surface area contributed by atoms with Gasteiger partial charge in [0.25, 0.3) is 11.5 Å². The number of aromatic amines is 2. The van der Waals surface area contributed by atoms with Crippen LogP contribution in [0.2, 0.25) is 0 Å². The Kier molecular flexibility index (Phi) is 4.98. The average Bonchev–Trinajstić information content (AvgIpc) is 3.24. The van der Waals surface area contributed by atoms with E-state index in [1.54, 1.807) is 36.4 Å². The number of H-pyrrole nitrogens is 2. The Bertz CT molecular complexity index is 1330. The summed E-state index contributed by atoms with van der Waals surface area (Å²) in [6.45, 7) is 2.46. The SMILES string of the molecule is C[C@@]1(O)CC2(CCN(C(=O)c3ccc4nc[nH]c4c3)CC2)OC[C@H]1n1cc(F)c(=O)[nH]c1=O. The molecule has 0 unspecified atom stereocenters. The quantitative estimate of drug-likeness (QED) is 0.525. The minimum absolute atomic E-state index is 0.0250. The second-order valence-corrected chi connectivity index (χ2v) is 9.11. The third kappa shape index (κ3) is 3.76. The molecule has 174 valence electrons. The van der Waals surface area contributed by atoms with E-state index < -0.39 is 34.3 Å². The van der Waals surface area contributed by atoms with E-state index in [-0.39, 0.29) is 18.9 Å². The van der Waals surface area contributed by atoms with E-state index >= 15 is 0 Å². The number of carbonyl (C=O) groups excluding carboxylic acids is 1. The molecule has 11 heteroatoms. The van der Waals surface area contributed by atoms with Crippen LogP contribution in [0.1, 0.15) is 42.6 Å². The molecule has 3 N–H and O–H groups in total. The fraction of sp³-hybridized carbons (Fsp3) is 0.455. The fourth-order valence-corrected chi connectivity index (χ4v) is 5.02. The maximum absolute atomic E-state index is 13.8. The second-order valence-electron chi connectivity index (χ2n) is 9.11. The Morgan fingerprint density at radius 1 is 1.30 bits per heavy atom. The molecular weight excluding hydrogens is 433 g/mol. The van der Waals surface area contributed by atoms with Crippen molar-refractivity contribution in [1.29, 1.82) is 0 Å². The van der Waals surface area contributed by atoms with E-state index in [4.69, 9.17) is 4.74 Å². The van der Waals surface area contributed by atoms with Crippen LogP contribution >= 0.6 is 0 Å². The molecule has 1 amide bonds. The summed E-state index contributed by atoms with van der Waals surface area (Å²) >= 11 is 0. The van der Waals surface area contributed by atoms with Crippen molar-refractivity contribution in [1.82, 2.24) is 24.4 Å². The monoisotopic (exact) mass is 457 g/mol. The highest BCUT2D eigenvalue weighted by atomic mass is 19.1. The van der Waals surface area contributed by atoms with E-state index in [1.165, 1.54) is 0 Å². The third-order valence-corrected chi connectivity index (χ3v) is 6.83. The van der Waals surface area contributed by atoms with Gasteiger partial charge in [-0.15, -0.1) is 0 Å². The first-order valence-electron chi connectivity index (χ1n) is 10.8. The molecule has 2 aliphatic heterocycles. The molecule has 2 saturated heterocycles. The van der Waals surface area contributed by atoms with E-state index in [9.17, 15) is 23.9 Å². The number of halogens is 1. The summed E-state index contributed by atoms with van der Waals surface area (Å²) in [7, 11) is 0. The molecule has 2 aliphatic rings. The predicted molar refractivity (Wildman–Crippen MR) is 115 cm³/mol. The van der Waals surface area contributed by atoms with Crippen molar-refractivity contribution in [2.45, 2.75) is 43.4 Å². The van der Waals surface area contributed by atoms with Crippen molar-refractivity contribution >= 4 is 16.9 Å². The molecule has 0 saturated carbocycles. The first kappa shape index (κ1) is 21.5. The lowest BCUT2D eigenvalue weighted by Gasteiger charge is -2.51. The van der Waals surface area contributed by atoms with Crippen LogP contribution in [0.3, 0.4) is 0 Å². The lowest BCUT2D eigenvalue weighted by Crippen LogP contribution is -2.59. The number of hydrogen-bond acceptors (Lipinski definition) is 6. The lowest BCUT2D eigenvalue weighted by atomic mass is 9.75. The van der Waals surface area contributed by atoms with Crippen LogP contribution in [0.25, 0.3) is 11.0 Å². The fourth-order valence-electron chi connectivity index (χ4n) is 5.02. The van der Waals surface area contributed by atoms with Crippen LogP contribution in [-0.4, -0.2) is 66.3 Å². The van der Waals surface area contributed by atoms with E-state index in [0.717, 1.165) is 21.8 Å². The Balaban J connectivity index is 1.29. The molecule has 4 heterocycles. The van der Waals surface area contributed by atoms with Crippen LogP contribution in [0.5, 0.6) is 0 Å². The van der Waals surface area contributed by atoms with Crippen LogP contribution in [0.15, 0.2) is 40.3 Å². The number of fused-ring (bicyclic) bond motifs is 1. The topological polar surface area (TPSA) is 133 Å². The minimum Gasteiger partial charge on any atom is -0.388 e. The van der Waals surface area contributed by atoms with Gasteiger partial charge >= 0.3 is 5.69 Å². The summed E-state index contributed by atoms with van der Waals surface area (Å²) in [5.41, 5.74) is -1.80. The molecule has 2 atom stereocenters. The zero-order valence-electron chi connectivity index (χ0n) is 18.0. The Hall–Kier alpha value is -3.31. The zero-order valence-corrected chi connectivity index (χ0v) is 18.0. The minimum atomic E-state index is -1.38. The van der Waals surface area contributed by atoms with Gasteiger partial charge in [0.2, 0.25) is 5.82 Å². The van der Waals surface area contributed by atoms with Gasteiger partial charge in [-0.3, -0.25) is 19.1 Å². The van der Waals surface area contributed by atoms with Crippen LogP contribution in [0.4, 0.5) is 4.39 Å². The number of nitrogens with one attached hydrogen (secondary N) is 2. The van der Waals surface area contributed by atoms with Gasteiger partial charge in [0.05, 0.1) is 47.4 Å². The van der Waals surface area contributed by atoms with E-state index in [2.05, 4.69) is 9.97 Å². The third-order valence-electron chi connectivity index (χ3n) is 6.83. The van der Waals surface area contributed by atoms with Crippen LogP contribution < -0.4 is 11.2 Å². The van der Waals surface area contributed by atoms with Crippen molar-refractivity contribution in [3.05, 3.63) is 62.9 Å². The van der Waals surface area contributed by atoms with E-state index in [1.807, 2.05) is 4.98 Å². The van der Waals surface area contributed by atoms with Crippen molar-refractivity contribution in [3.8, 4) is 0 Å². The van der Waals surface area contributed by atoms with Crippen molar-refractivity contribution in [2.24, 2.45) is 0 Å². The number of ether oxygens (including phenoxy) is 1. The van der Waals surface area contributed by atoms with Gasteiger partial charge in [-0.05, 0) is 38.0 Å². The molecule has 1 aromatic carbocycles. The summed E-state index contributed by atoms with van der Waals surface area (Å²) in [5.74, 6) is -1.19. The highest BCUT2D eigenvalue weighted by Gasteiger charge is 2.50.